The number of nitrogens with one attached hydrogen (secondary N) is 2. The van der Waals surface area contributed by atoms with Crippen LogP contribution in [0.2, 0.25) is 0 Å². The summed E-state index contributed by atoms with van der Waals surface area (Å²) >= 11 is 0. The van der Waals surface area contributed by atoms with Gasteiger partial charge in [0.2, 0.25) is 0 Å². The molecule has 1 aliphatic heterocycles. The van der Waals surface area contributed by atoms with Gasteiger partial charge >= 0.3 is 0 Å². The highest BCUT2D eigenvalue weighted by atomic mass is 32.2. The molecule has 3 rings (SSSR count). The Kier molecular flexibility index (Phi) is 6.78. The molecule has 0 aliphatic carbocycles. The highest BCUT2D eigenvalue weighted by Gasteiger charge is 2.20. The lowest BCUT2D eigenvalue weighted by Gasteiger charge is -2.26. The van der Waals surface area contributed by atoms with Crippen molar-refractivity contribution in [2.24, 2.45) is 0 Å². The molecule has 2 aromatic rings. The number of halogens is 2. The number of amides is 1. The summed E-state index contributed by atoms with van der Waals surface area (Å²) in [5.41, 5.74) is 0.168. The van der Waals surface area contributed by atoms with Gasteiger partial charge < -0.3 is 10.1 Å². The molecule has 0 atom stereocenters. The van der Waals surface area contributed by atoms with E-state index >= 15 is 0 Å². The average molecular weight is 425 g/mol. The summed E-state index contributed by atoms with van der Waals surface area (Å²) in [5.74, 6) is -2.87. The maximum Gasteiger partial charge on any atom is 0.262 e. The van der Waals surface area contributed by atoms with Crippen LogP contribution >= 0.6 is 0 Å². The third kappa shape index (κ3) is 5.49. The highest BCUT2D eigenvalue weighted by molar-refractivity contribution is 7.92. The van der Waals surface area contributed by atoms with Crippen molar-refractivity contribution >= 4 is 21.6 Å². The molecule has 2 aromatic carbocycles. The fourth-order valence-electron chi connectivity index (χ4n) is 2.87. The van der Waals surface area contributed by atoms with Crippen molar-refractivity contribution < 1.29 is 26.7 Å². The van der Waals surface area contributed by atoms with Crippen LogP contribution in [-0.2, 0) is 14.8 Å². The molecule has 29 heavy (non-hydrogen) atoms. The van der Waals surface area contributed by atoms with Crippen LogP contribution < -0.4 is 10.0 Å². The van der Waals surface area contributed by atoms with Crippen molar-refractivity contribution in [3.05, 3.63) is 59.7 Å². The average Bonchev–Trinajstić information content (AvgIpc) is 2.71. The van der Waals surface area contributed by atoms with Crippen LogP contribution in [0.3, 0.4) is 0 Å². The first-order valence-corrected chi connectivity index (χ1v) is 10.5. The number of nitrogens with zero attached hydrogens (tertiary/aromatic N) is 1. The first-order chi connectivity index (χ1) is 13.9. The van der Waals surface area contributed by atoms with E-state index < -0.39 is 32.5 Å². The second kappa shape index (κ2) is 9.29. The smallest absolute Gasteiger partial charge is 0.262 e. The van der Waals surface area contributed by atoms with Crippen molar-refractivity contribution in [3.8, 4) is 0 Å². The van der Waals surface area contributed by atoms with Crippen LogP contribution in [-0.4, -0.2) is 58.6 Å². The van der Waals surface area contributed by atoms with Crippen LogP contribution in [0.15, 0.2) is 47.4 Å². The third-order valence-corrected chi connectivity index (χ3v) is 5.80. The second-order valence-corrected chi connectivity index (χ2v) is 8.12. The molecule has 1 aliphatic rings. The summed E-state index contributed by atoms with van der Waals surface area (Å²) in [4.78, 5) is 14.2. The Balaban J connectivity index is 1.69. The van der Waals surface area contributed by atoms with E-state index in [4.69, 9.17) is 4.74 Å². The number of carbonyl (C=O) groups excluding carboxylic acids is 1. The Bertz CT molecular complexity index is 979. The van der Waals surface area contributed by atoms with Crippen LogP contribution in [0, 0.1) is 11.6 Å². The lowest BCUT2D eigenvalue weighted by Crippen LogP contribution is -2.41. The number of hydrogen-bond donors (Lipinski definition) is 2. The fourth-order valence-corrected chi connectivity index (χ4v) is 3.96. The van der Waals surface area contributed by atoms with Gasteiger partial charge in [0, 0.05) is 26.2 Å². The van der Waals surface area contributed by atoms with Crippen LogP contribution in [0.25, 0.3) is 0 Å². The van der Waals surface area contributed by atoms with Crippen molar-refractivity contribution in [2.45, 2.75) is 4.90 Å². The van der Waals surface area contributed by atoms with Gasteiger partial charge in [0.25, 0.3) is 15.9 Å². The van der Waals surface area contributed by atoms with Gasteiger partial charge in [-0.05, 0) is 30.3 Å². The van der Waals surface area contributed by atoms with E-state index in [-0.39, 0.29) is 11.3 Å². The standard InChI is InChI=1S/C19H21F2N3O4S/c20-16-6-5-14(13-17(16)21)29(26,27)23-18-4-2-1-3-15(18)19(25)22-7-8-24-9-11-28-12-10-24/h1-6,13,23H,7-12H2,(H,22,25). The Labute approximate surface area is 167 Å². The first-order valence-electron chi connectivity index (χ1n) is 9.02. The molecule has 10 heteroatoms. The highest BCUT2D eigenvalue weighted by Crippen LogP contribution is 2.21. The van der Waals surface area contributed by atoms with Crippen molar-refractivity contribution in [2.75, 3.05) is 44.1 Å². The molecule has 2 N–H and O–H groups in total. The predicted octanol–water partition coefficient (Wildman–Crippen LogP) is 1.83. The number of hydrogen-bond acceptors (Lipinski definition) is 5. The number of sulfonamides is 1. The topological polar surface area (TPSA) is 87.7 Å². The molecular weight excluding hydrogens is 404 g/mol. The van der Waals surface area contributed by atoms with E-state index in [9.17, 15) is 22.0 Å². The van der Waals surface area contributed by atoms with Gasteiger partial charge in [-0.3, -0.25) is 14.4 Å². The fraction of sp³-hybridized carbons (Fsp3) is 0.316. The number of rotatable bonds is 7. The summed E-state index contributed by atoms with van der Waals surface area (Å²) in [7, 11) is -4.21. The molecule has 1 heterocycles. The van der Waals surface area contributed by atoms with Gasteiger partial charge in [-0.25, -0.2) is 17.2 Å². The van der Waals surface area contributed by atoms with Crippen LogP contribution in [0.5, 0.6) is 0 Å². The summed E-state index contributed by atoms with van der Waals surface area (Å²) in [6.45, 7) is 3.94. The largest absolute Gasteiger partial charge is 0.379 e. The molecule has 0 spiro atoms. The predicted molar refractivity (Wildman–Crippen MR) is 103 cm³/mol. The monoisotopic (exact) mass is 425 g/mol. The molecule has 0 unspecified atom stereocenters. The van der Waals surface area contributed by atoms with E-state index in [0.717, 1.165) is 25.2 Å². The van der Waals surface area contributed by atoms with Gasteiger partial charge in [-0.2, -0.15) is 0 Å². The molecule has 0 saturated carbocycles. The Hall–Kier alpha value is -2.56. The summed E-state index contributed by atoms with van der Waals surface area (Å²) < 4.78 is 59.0. The number of para-hydroxylation sites is 1. The zero-order valence-corrected chi connectivity index (χ0v) is 16.3. The minimum Gasteiger partial charge on any atom is -0.379 e. The third-order valence-electron chi connectivity index (χ3n) is 4.43. The molecule has 156 valence electrons. The van der Waals surface area contributed by atoms with Gasteiger partial charge in [-0.1, -0.05) is 12.1 Å². The molecule has 0 bridgehead atoms. The summed E-state index contributed by atoms with van der Waals surface area (Å²) in [6, 6.07) is 8.34. The molecule has 7 nitrogen and oxygen atoms in total. The maximum absolute atomic E-state index is 13.4. The minimum absolute atomic E-state index is 0.0427. The van der Waals surface area contributed by atoms with Gasteiger partial charge in [-0.15, -0.1) is 0 Å². The van der Waals surface area contributed by atoms with E-state index in [0.29, 0.717) is 32.4 Å². The van der Waals surface area contributed by atoms with E-state index in [1.807, 2.05) is 0 Å². The Morgan fingerprint density at radius 3 is 2.52 bits per heavy atom. The zero-order valence-electron chi connectivity index (χ0n) is 15.5. The first kappa shape index (κ1) is 21.2. The molecule has 1 amide bonds. The summed E-state index contributed by atoms with van der Waals surface area (Å²) in [5, 5.41) is 2.76. The normalized spacial score (nSPS) is 15.1. The molecular formula is C19H21F2N3O4S. The van der Waals surface area contributed by atoms with Gasteiger partial charge in [0.15, 0.2) is 11.6 Å². The SMILES string of the molecule is O=C(NCCN1CCOCC1)c1ccccc1NS(=O)(=O)c1ccc(F)c(F)c1. The van der Waals surface area contributed by atoms with Crippen molar-refractivity contribution in [1.82, 2.24) is 10.2 Å². The van der Waals surface area contributed by atoms with Crippen molar-refractivity contribution in [3.63, 3.8) is 0 Å². The van der Waals surface area contributed by atoms with E-state index in [1.165, 1.54) is 12.1 Å². The quantitative estimate of drug-likeness (QED) is 0.707. The summed E-state index contributed by atoms with van der Waals surface area (Å²) in [6.07, 6.45) is 0. The van der Waals surface area contributed by atoms with Crippen LogP contribution in [0.1, 0.15) is 10.4 Å². The van der Waals surface area contributed by atoms with E-state index in [2.05, 4.69) is 14.9 Å². The molecule has 0 aromatic heterocycles. The molecule has 1 fully saturated rings. The Morgan fingerprint density at radius 1 is 1.07 bits per heavy atom. The Morgan fingerprint density at radius 2 is 1.79 bits per heavy atom. The number of benzene rings is 2. The second-order valence-electron chi connectivity index (χ2n) is 6.44. The van der Waals surface area contributed by atoms with Gasteiger partial charge in [0.1, 0.15) is 0 Å². The molecule has 1 saturated heterocycles. The van der Waals surface area contributed by atoms with Crippen LogP contribution in [0.4, 0.5) is 14.5 Å². The lowest BCUT2D eigenvalue weighted by atomic mass is 10.1. The lowest BCUT2D eigenvalue weighted by molar-refractivity contribution is 0.0383. The number of ether oxygens (including phenoxy) is 1. The van der Waals surface area contributed by atoms with Crippen molar-refractivity contribution in [1.29, 1.82) is 0 Å². The minimum atomic E-state index is -4.21. The zero-order chi connectivity index (χ0) is 20.9. The number of carbonyl (C=O) groups is 1. The van der Waals surface area contributed by atoms with E-state index in [1.54, 1.807) is 12.1 Å². The number of morpholine rings is 1. The maximum atomic E-state index is 13.4. The van der Waals surface area contributed by atoms with Gasteiger partial charge in [0.05, 0.1) is 29.4 Å². The molecule has 0 radical (unpaired) electrons. The number of anilines is 1.